The maximum atomic E-state index is 5.38. The van der Waals surface area contributed by atoms with Crippen molar-refractivity contribution in [2.24, 2.45) is 0 Å². The third-order valence-electron chi connectivity index (χ3n) is 3.88. The normalized spacial score (nSPS) is 12.2. The van der Waals surface area contributed by atoms with Crippen molar-refractivity contribution in [1.82, 2.24) is 14.9 Å². The van der Waals surface area contributed by atoms with Gasteiger partial charge in [-0.15, -0.1) is 0 Å². The van der Waals surface area contributed by atoms with Crippen LogP contribution in [0.1, 0.15) is 23.0 Å². The largest absolute Gasteiger partial charge is 0.493 e. The van der Waals surface area contributed by atoms with Gasteiger partial charge in [-0.05, 0) is 38.6 Å². The van der Waals surface area contributed by atoms with Gasteiger partial charge in [0.1, 0.15) is 0 Å². The molecule has 1 atom stereocenters. The Morgan fingerprint density at radius 3 is 2.43 bits per heavy atom. The first-order chi connectivity index (χ1) is 10.1. The van der Waals surface area contributed by atoms with Crippen LogP contribution in [0.4, 0.5) is 0 Å². The molecule has 1 aromatic heterocycles. The molecule has 5 nitrogen and oxygen atoms in total. The summed E-state index contributed by atoms with van der Waals surface area (Å²) in [6, 6.07) is 6.18. The molecule has 5 heteroatoms. The van der Waals surface area contributed by atoms with Gasteiger partial charge in [-0.3, -0.25) is 0 Å². The van der Waals surface area contributed by atoms with E-state index in [1.54, 1.807) is 14.2 Å². The Hall–Kier alpha value is -2.01. The molecule has 0 fully saturated rings. The number of hydrogen-bond donors (Lipinski definition) is 1. The van der Waals surface area contributed by atoms with Gasteiger partial charge in [0.15, 0.2) is 11.5 Å². The standard InChI is InChI=1S/C16H23N3O2/c1-11-12(2)19(10-18-11)9-14(17-3)13-6-7-15(20-4)16(8-13)21-5/h6-8,10,14,17H,9H2,1-5H3. The third-order valence-corrected chi connectivity index (χ3v) is 3.88. The zero-order valence-electron chi connectivity index (χ0n) is 13.3. The minimum Gasteiger partial charge on any atom is -0.493 e. The molecule has 1 heterocycles. The molecular formula is C16H23N3O2. The fourth-order valence-electron chi connectivity index (χ4n) is 2.36. The lowest BCUT2D eigenvalue weighted by Crippen LogP contribution is -2.22. The number of aromatic nitrogens is 2. The highest BCUT2D eigenvalue weighted by molar-refractivity contribution is 5.43. The molecule has 0 spiro atoms. The number of imidazole rings is 1. The van der Waals surface area contributed by atoms with Crippen LogP contribution in [-0.4, -0.2) is 30.8 Å². The van der Waals surface area contributed by atoms with E-state index < -0.39 is 0 Å². The zero-order valence-corrected chi connectivity index (χ0v) is 13.3. The average Bonchev–Trinajstić information content (AvgIpc) is 2.83. The van der Waals surface area contributed by atoms with Gasteiger partial charge in [0, 0.05) is 12.2 Å². The maximum Gasteiger partial charge on any atom is 0.161 e. The fraction of sp³-hybridized carbons (Fsp3) is 0.438. The number of rotatable bonds is 6. The predicted octanol–water partition coefficient (Wildman–Crippen LogP) is 2.48. The van der Waals surface area contributed by atoms with Gasteiger partial charge < -0.3 is 19.4 Å². The van der Waals surface area contributed by atoms with E-state index in [9.17, 15) is 0 Å². The average molecular weight is 289 g/mol. The minimum atomic E-state index is 0.178. The van der Waals surface area contributed by atoms with Crippen LogP contribution in [0.25, 0.3) is 0 Å². The first-order valence-electron chi connectivity index (χ1n) is 6.98. The lowest BCUT2D eigenvalue weighted by molar-refractivity contribution is 0.353. The molecule has 0 saturated heterocycles. The SMILES string of the molecule is CNC(Cn1cnc(C)c1C)c1ccc(OC)c(OC)c1. The maximum absolute atomic E-state index is 5.38. The molecule has 1 N–H and O–H groups in total. The van der Waals surface area contributed by atoms with Crippen LogP contribution < -0.4 is 14.8 Å². The van der Waals surface area contributed by atoms with Gasteiger partial charge in [0.2, 0.25) is 0 Å². The van der Waals surface area contributed by atoms with E-state index >= 15 is 0 Å². The van der Waals surface area contributed by atoms with Crippen molar-refractivity contribution in [3.05, 3.63) is 41.5 Å². The fourth-order valence-corrected chi connectivity index (χ4v) is 2.36. The Morgan fingerprint density at radius 2 is 1.90 bits per heavy atom. The second-order valence-corrected chi connectivity index (χ2v) is 5.02. The highest BCUT2D eigenvalue weighted by Gasteiger charge is 2.14. The Bertz CT molecular complexity index is 608. The van der Waals surface area contributed by atoms with Crippen molar-refractivity contribution in [2.75, 3.05) is 21.3 Å². The van der Waals surface area contributed by atoms with Gasteiger partial charge in [0.25, 0.3) is 0 Å². The third kappa shape index (κ3) is 3.19. The Labute approximate surface area is 125 Å². The molecule has 1 unspecified atom stereocenters. The zero-order chi connectivity index (χ0) is 15.4. The molecule has 0 bridgehead atoms. The van der Waals surface area contributed by atoms with Crippen molar-refractivity contribution in [3.63, 3.8) is 0 Å². The van der Waals surface area contributed by atoms with E-state index in [-0.39, 0.29) is 6.04 Å². The van der Waals surface area contributed by atoms with E-state index in [0.29, 0.717) is 0 Å². The lowest BCUT2D eigenvalue weighted by Gasteiger charge is -2.20. The Balaban J connectivity index is 2.27. The number of methoxy groups -OCH3 is 2. The summed E-state index contributed by atoms with van der Waals surface area (Å²) >= 11 is 0. The Morgan fingerprint density at radius 1 is 1.19 bits per heavy atom. The highest BCUT2D eigenvalue weighted by Crippen LogP contribution is 2.30. The molecule has 0 radical (unpaired) electrons. The first kappa shape index (κ1) is 15.4. The molecule has 114 valence electrons. The number of aryl methyl sites for hydroxylation is 1. The summed E-state index contributed by atoms with van der Waals surface area (Å²) < 4.78 is 12.8. The molecule has 2 rings (SSSR count). The number of benzene rings is 1. The van der Waals surface area contributed by atoms with E-state index in [0.717, 1.165) is 29.3 Å². The topological polar surface area (TPSA) is 48.3 Å². The molecule has 0 aliphatic carbocycles. The summed E-state index contributed by atoms with van der Waals surface area (Å²) in [6.07, 6.45) is 1.88. The van der Waals surface area contributed by atoms with Crippen LogP contribution in [-0.2, 0) is 6.54 Å². The van der Waals surface area contributed by atoms with Crippen LogP contribution >= 0.6 is 0 Å². The summed E-state index contributed by atoms with van der Waals surface area (Å²) in [5.41, 5.74) is 3.41. The van der Waals surface area contributed by atoms with Crippen LogP contribution in [0, 0.1) is 13.8 Å². The quantitative estimate of drug-likeness (QED) is 0.887. The molecule has 21 heavy (non-hydrogen) atoms. The van der Waals surface area contributed by atoms with E-state index in [1.807, 2.05) is 32.4 Å². The van der Waals surface area contributed by atoms with Crippen molar-refractivity contribution >= 4 is 0 Å². The Kier molecular flexibility index (Phi) is 4.85. The van der Waals surface area contributed by atoms with Gasteiger partial charge in [-0.25, -0.2) is 4.98 Å². The first-order valence-corrected chi connectivity index (χ1v) is 6.98. The number of ether oxygens (including phenoxy) is 2. The molecule has 1 aromatic carbocycles. The van der Waals surface area contributed by atoms with Gasteiger partial charge in [-0.1, -0.05) is 6.07 Å². The number of nitrogens with zero attached hydrogens (tertiary/aromatic N) is 2. The summed E-state index contributed by atoms with van der Waals surface area (Å²) in [4.78, 5) is 4.35. The summed E-state index contributed by atoms with van der Waals surface area (Å²) in [5, 5.41) is 3.35. The molecule has 0 saturated carbocycles. The van der Waals surface area contributed by atoms with Crippen molar-refractivity contribution in [3.8, 4) is 11.5 Å². The highest BCUT2D eigenvalue weighted by atomic mass is 16.5. The van der Waals surface area contributed by atoms with E-state index in [2.05, 4.69) is 27.9 Å². The second kappa shape index (κ2) is 6.63. The second-order valence-electron chi connectivity index (χ2n) is 5.02. The van der Waals surface area contributed by atoms with Crippen molar-refractivity contribution in [2.45, 2.75) is 26.4 Å². The number of likely N-dealkylation sites (N-methyl/N-ethyl adjacent to an activating group) is 1. The lowest BCUT2D eigenvalue weighted by atomic mass is 10.1. The van der Waals surface area contributed by atoms with E-state index in [4.69, 9.17) is 9.47 Å². The van der Waals surface area contributed by atoms with Crippen molar-refractivity contribution in [1.29, 1.82) is 0 Å². The molecule has 0 aliphatic rings. The van der Waals surface area contributed by atoms with Gasteiger partial charge in [-0.2, -0.15) is 0 Å². The van der Waals surface area contributed by atoms with Crippen LogP contribution in [0.3, 0.4) is 0 Å². The molecule has 2 aromatic rings. The molecule has 0 amide bonds. The van der Waals surface area contributed by atoms with Crippen molar-refractivity contribution < 1.29 is 9.47 Å². The summed E-state index contributed by atoms with van der Waals surface area (Å²) in [6.45, 7) is 4.93. The van der Waals surface area contributed by atoms with Crippen LogP contribution in [0.5, 0.6) is 11.5 Å². The van der Waals surface area contributed by atoms with E-state index in [1.165, 1.54) is 5.69 Å². The number of hydrogen-bond acceptors (Lipinski definition) is 4. The predicted molar refractivity (Wildman–Crippen MR) is 83.0 cm³/mol. The molecule has 0 aliphatic heterocycles. The monoisotopic (exact) mass is 289 g/mol. The summed E-state index contributed by atoms with van der Waals surface area (Å²) in [5.74, 6) is 1.49. The van der Waals surface area contributed by atoms with Gasteiger partial charge in [0.05, 0.1) is 32.3 Å². The smallest absolute Gasteiger partial charge is 0.161 e. The minimum absolute atomic E-state index is 0.178. The molecular weight excluding hydrogens is 266 g/mol. The van der Waals surface area contributed by atoms with Crippen LogP contribution in [0.15, 0.2) is 24.5 Å². The number of nitrogens with one attached hydrogen (secondary N) is 1. The van der Waals surface area contributed by atoms with Crippen LogP contribution in [0.2, 0.25) is 0 Å². The summed E-state index contributed by atoms with van der Waals surface area (Å²) in [7, 11) is 5.25. The van der Waals surface area contributed by atoms with Gasteiger partial charge >= 0.3 is 0 Å².